The summed E-state index contributed by atoms with van der Waals surface area (Å²) in [5.74, 6) is 0.557. The predicted molar refractivity (Wildman–Crippen MR) is 53.5 cm³/mol. The third-order valence-corrected chi connectivity index (χ3v) is 3.30. The van der Waals surface area contributed by atoms with Gasteiger partial charge in [-0.25, -0.2) is 0 Å². The first-order valence-corrected chi connectivity index (χ1v) is 5.05. The number of piperazine rings is 1. The number of likely N-dealkylation sites (N-methyl/N-ethyl adjacent to an activating group) is 1. The maximum atomic E-state index is 11.8. The minimum Gasteiger partial charge on any atom is -0.353 e. The fraction of sp³-hybridized carbons (Fsp3) is 0.900. The van der Waals surface area contributed by atoms with Crippen LogP contribution in [0.4, 0.5) is 0 Å². The average Bonchev–Trinajstić information content (AvgIpc) is 2.05. The highest BCUT2D eigenvalue weighted by atomic mass is 16.2. The van der Waals surface area contributed by atoms with E-state index in [1.165, 1.54) is 0 Å². The zero-order valence-electron chi connectivity index (χ0n) is 9.05. The first kappa shape index (κ1) is 10.5. The molecule has 1 N–H and O–H groups in total. The Morgan fingerprint density at radius 1 is 1.62 bits per heavy atom. The molecule has 0 saturated carbocycles. The van der Waals surface area contributed by atoms with E-state index < -0.39 is 0 Å². The monoisotopic (exact) mass is 184 g/mol. The Kier molecular flexibility index (Phi) is 2.96. The van der Waals surface area contributed by atoms with E-state index in [4.69, 9.17) is 0 Å². The smallest absolute Gasteiger partial charge is 0.240 e. The maximum absolute atomic E-state index is 11.8. The average molecular weight is 184 g/mol. The molecule has 1 rings (SSSR count). The molecule has 13 heavy (non-hydrogen) atoms. The first-order chi connectivity index (χ1) is 6.05. The summed E-state index contributed by atoms with van der Waals surface area (Å²) in [6.45, 7) is 8.05. The highest BCUT2D eigenvalue weighted by Gasteiger charge is 2.45. The molecule has 0 bridgehead atoms. The number of carbonyl (C=O) groups is 1. The molecule has 1 heterocycles. The molecule has 0 radical (unpaired) electrons. The van der Waals surface area contributed by atoms with Crippen molar-refractivity contribution in [2.24, 2.45) is 5.92 Å². The van der Waals surface area contributed by atoms with Crippen LogP contribution in [0.3, 0.4) is 0 Å². The van der Waals surface area contributed by atoms with Crippen molar-refractivity contribution in [3.63, 3.8) is 0 Å². The lowest BCUT2D eigenvalue weighted by Crippen LogP contribution is -2.65. The third-order valence-electron chi connectivity index (χ3n) is 3.30. The maximum Gasteiger partial charge on any atom is 0.240 e. The molecule has 0 spiro atoms. The Bertz CT molecular complexity index is 203. The van der Waals surface area contributed by atoms with Crippen molar-refractivity contribution in [2.45, 2.75) is 32.7 Å². The fourth-order valence-corrected chi connectivity index (χ4v) is 2.40. The second-order valence-corrected chi connectivity index (χ2v) is 4.11. The molecule has 1 amide bonds. The number of amides is 1. The summed E-state index contributed by atoms with van der Waals surface area (Å²) in [6.07, 6.45) is 0.882. The Balaban J connectivity index is 2.96. The molecule has 1 aliphatic rings. The molecular weight excluding hydrogens is 164 g/mol. The summed E-state index contributed by atoms with van der Waals surface area (Å²) >= 11 is 0. The van der Waals surface area contributed by atoms with Crippen LogP contribution in [0.15, 0.2) is 0 Å². The molecule has 0 aliphatic carbocycles. The summed E-state index contributed by atoms with van der Waals surface area (Å²) in [6, 6.07) is 0. The summed E-state index contributed by atoms with van der Waals surface area (Å²) < 4.78 is 0. The van der Waals surface area contributed by atoms with Crippen LogP contribution in [-0.2, 0) is 4.79 Å². The lowest BCUT2D eigenvalue weighted by molar-refractivity contribution is -0.140. The Morgan fingerprint density at radius 3 is 2.54 bits per heavy atom. The van der Waals surface area contributed by atoms with Crippen molar-refractivity contribution in [3.05, 3.63) is 0 Å². The van der Waals surface area contributed by atoms with E-state index in [-0.39, 0.29) is 11.4 Å². The van der Waals surface area contributed by atoms with Crippen molar-refractivity contribution < 1.29 is 4.79 Å². The first-order valence-electron chi connectivity index (χ1n) is 5.05. The van der Waals surface area contributed by atoms with E-state index in [9.17, 15) is 4.79 Å². The molecule has 1 aliphatic heterocycles. The van der Waals surface area contributed by atoms with Gasteiger partial charge in [0, 0.05) is 13.1 Å². The van der Waals surface area contributed by atoms with Gasteiger partial charge in [0.2, 0.25) is 5.91 Å². The van der Waals surface area contributed by atoms with Gasteiger partial charge in [-0.05, 0) is 19.4 Å². The van der Waals surface area contributed by atoms with Gasteiger partial charge in [0.25, 0.3) is 0 Å². The highest BCUT2D eigenvalue weighted by molar-refractivity contribution is 5.87. The SMILES string of the molecule is CCC1(C(C)C)C(=O)NCCN1C. The van der Waals surface area contributed by atoms with Gasteiger partial charge < -0.3 is 5.32 Å². The van der Waals surface area contributed by atoms with E-state index in [0.29, 0.717) is 5.92 Å². The lowest BCUT2D eigenvalue weighted by atomic mass is 9.80. The number of rotatable bonds is 2. The molecule has 0 aromatic rings. The number of nitrogens with zero attached hydrogens (tertiary/aromatic N) is 1. The van der Waals surface area contributed by atoms with Gasteiger partial charge in [-0.15, -0.1) is 0 Å². The van der Waals surface area contributed by atoms with Gasteiger partial charge in [-0.2, -0.15) is 0 Å². The third kappa shape index (κ3) is 1.46. The van der Waals surface area contributed by atoms with Crippen LogP contribution in [0.1, 0.15) is 27.2 Å². The van der Waals surface area contributed by atoms with Crippen molar-refractivity contribution in [1.82, 2.24) is 10.2 Å². The van der Waals surface area contributed by atoms with Crippen molar-refractivity contribution in [1.29, 1.82) is 0 Å². The van der Waals surface area contributed by atoms with E-state index in [2.05, 4.69) is 31.0 Å². The van der Waals surface area contributed by atoms with Gasteiger partial charge in [0.15, 0.2) is 0 Å². The number of hydrogen-bond donors (Lipinski definition) is 1. The van der Waals surface area contributed by atoms with Crippen molar-refractivity contribution in [3.8, 4) is 0 Å². The molecule has 1 atom stereocenters. The molecule has 0 aromatic carbocycles. The largest absolute Gasteiger partial charge is 0.353 e. The molecule has 1 unspecified atom stereocenters. The predicted octanol–water partition coefficient (Wildman–Crippen LogP) is 0.853. The van der Waals surface area contributed by atoms with Crippen molar-refractivity contribution in [2.75, 3.05) is 20.1 Å². The summed E-state index contributed by atoms with van der Waals surface area (Å²) in [7, 11) is 2.04. The van der Waals surface area contributed by atoms with E-state index in [1.807, 2.05) is 7.05 Å². The highest BCUT2D eigenvalue weighted by Crippen LogP contribution is 2.29. The van der Waals surface area contributed by atoms with Crippen LogP contribution in [-0.4, -0.2) is 36.5 Å². The minimum atomic E-state index is -0.280. The second kappa shape index (κ2) is 3.66. The Hall–Kier alpha value is -0.570. The molecule has 1 saturated heterocycles. The molecule has 1 fully saturated rings. The number of nitrogens with one attached hydrogen (secondary N) is 1. The molecular formula is C10H20N2O. The molecule has 76 valence electrons. The van der Waals surface area contributed by atoms with Crippen LogP contribution in [0.2, 0.25) is 0 Å². The van der Waals surface area contributed by atoms with E-state index >= 15 is 0 Å². The van der Waals surface area contributed by atoms with E-state index in [0.717, 1.165) is 19.5 Å². The number of hydrogen-bond acceptors (Lipinski definition) is 2. The van der Waals surface area contributed by atoms with Crippen LogP contribution < -0.4 is 5.32 Å². The van der Waals surface area contributed by atoms with Crippen LogP contribution in [0.5, 0.6) is 0 Å². The van der Waals surface area contributed by atoms with E-state index in [1.54, 1.807) is 0 Å². The van der Waals surface area contributed by atoms with Gasteiger partial charge in [-0.3, -0.25) is 9.69 Å². The summed E-state index contributed by atoms with van der Waals surface area (Å²) in [5, 5.41) is 2.96. The summed E-state index contributed by atoms with van der Waals surface area (Å²) in [5.41, 5.74) is -0.280. The minimum absolute atomic E-state index is 0.193. The Labute approximate surface area is 80.5 Å². The Morgan fingerprint density at radius 2 is 2.23 bits per heavy atom. The number of carbonyl (C=O) groups excluding carboxylic acids is 1. The zero-order valence-corrected chi connectivity index (χ0v) is 9.05. The van der Waals surface area contributed by atoms with Crippen LogP contribution >= 0.6 is 0 Å². The van der Waals surface area contributed by atoms with Crippen LogP contribution in [0.25, 0.3) is 0 Å². The van der Waals surface area contributed by atoms with Crippen molar-refractivity contribution >= 4 is 5.91 Å². The standard InChI is InChI=1S/C10H20N2O/c1-5-10(8(2)3)9(13)11-6-7-12(10)4/h8H,5-7H2,1-4H3,(H,11,13). The zero-order chi connectivity index (χ0) is 10.1. The molecule has 0 aromatic heterocycles. The quantitative estimate of drug-likeness (QED) is 0.690. The van der Waals surface area contributed by atoms with Gasteiger partial charge in [0.05, 0.1) is 0 Å². The fourth-order valence-electron chi connectivity index (χ4n) is 2.40. The topological polar surface area (TPSA) is 32.3 Å². The van der Waals surface area contributed by atoms with Gasteiger partial charge >= 0.3 is 0 Å². The van der Waals surface area contributed by atoms with Gasteiger partial charge in [-0.1, -0.05) is 20.8 Å². The van der Waals surface area contributed by atoms with Gasteiger partial charge in [0.1, 0.15) is 5.54 Å². The molecule has 3 nitrogen and oxygen atoms in total. The molecule has 3 heteroatoms. The normalized spacial score (nSPS) is 30.7. The lowest BCUT2D eigenvalue weighted by Gasteiger charge is -2.46. The second-order valence-electron chi connectivity index (χ2n) is 4.11. The van der Waals surface area contributed by atoms with Crippen LogP contribution in [0, 0.1) is 5.92 Å². The summed E-state index contributed by atoms with van der Waals surface area (Å²) in [4.78, 5) is 14.0.